The van der Waals surface area contributed by atoms with E-state index in [1.165, 1.54) is 20.8 Å². The second kappa shape index (κ2) is 8.48. The first-order chi connectivity index (χ1) is 8.85. The van der Waals surface area contributed by atoms with Crippen molar-refractivity contribution in [2.24, 2.45) is 0 Å². The Kier molecular flexibility index (Phi) is 7.31. The number of rotatable bonds is 1. The fourth-order valence-corrected chi connectivity index (χ4v) is 1.09. The largest absolute Gasteiger partial charge is 0.394 e. The number of anilines is 1. The van der Waals surface area contributed by atoms with Gasteiger partial charge in [0.15, 0.2) is 0 Å². The van der Waals surface area contributed by atoms with Gasteiger partial charge in [-0.05, 0) is 18.2 Å². The number of carbonyl (C=O) groups excluding carboxylic acids is 3. The van der Waals surface area contributed by atoms with E-state index >= 15 is 0 Å². The van der Waals surface area contributed by atoms with E-state index in [1.54, 1.807) is 18.2 Å². The van der Waals surface area contributed by atoms with Crippen LogP contribution in [0.4, 0.5) is 5.69 Å². The fraction of sp³-hybridized carbons (Fsp3) is 0.214. The Morgan fingerprint density at radius 1 is 1.16 bits per heavy atom. The molecule has 5 heteroatoms. The molecule has 0 unspecified atom stereocenters. The average Bonchev–Trinajstić information content (AvgIpc) is 2.27. The zero-order valence-corrected chi connectivity index (χ0v) is 11.0. The number of hydrogen-bond acceptors (Lipinski definition) is 4. The summed E-state index contributed by atoms with van der Waals surface area (Å²) in [4.78, 5) is 30.3. The summed E-state index contributed by atoms with van der Waals surface area (Å²) in [6.07, 6.45) is 5.19. The SMILES string of the molecule is C#Cc1cccc(NC(C)=O)c1.CC(=O)OC(C)=O. The molecule has 5 nitrogen and oxygen atoms in total. The highest BCUT2D eigenvalue weighted by atomic mass is 16.6. The van der Waals surface area contributed by atoms with Crippen LogP contribution in [0.3, 0.4) is 0 Å². The number of nitrogens with one attached hydrogen (secondary N) is 1. The summed E-state index contributed by atoms with van der Waals surface area (Å²) in [6, 6.07) is 7.16. The molecule has 0 atom stereocenters. The molecule has 0 fully saturated rings. The van der Waals surface area contributed by atoms with Gasteiger partial charge >= 0.3 is 11.9 Å². The maximum Gasteiger partial charge on any atom is 0.310 e. The Bertz CT molecular complexity index is 502. The number of esters is 2. The lowest BCUT2D eigenvalue weighted by Crippen LogP contribution is -2.05. The number of ether oxygens (including phenoxy) is 1. The summed E-state index contributed by atoms with van der Waals surface area (Å²) in [7, 11) is 0. The van der Waals surface area contributed by atoms with Gasteiger partial charge in [-0.1, -0.05) is 12.0 Å². The molecule has 1 N–H and O–H groups in total. The Balaban J connectivity index is 0.000000399. The van der Waals surface area contributed by atoms with Gasteiger partial charge in [-0.25, -0.2) is 0 Å². The van der Waals surface area contributed by atoms with Crippen LogP contribution in [-0.2, 0) is 19.1 Å². The Hall–Kier alpha value is -2.61. The maximum atomic E-state index is 10.7. The molecular formula is C14H15NO4. The van der Waals surface area contributed by atoms with Gasteiger partial charge in [0.1, 0.15) is 0 Å². The summed E-state index contributed by atoms with van der Waals surface area (Å²) < 4.78 is 3.97. The minimum absolute atomic E-state index is 0.0934. The molecule has 1 amide bonds. The molecule has 19 heavy (non-hydrogen) atoms. The minimum atomic E-state index is -0.562. The van der Waals surface area contributed by atoms with E-state index in [0.29, 0.717) is 0 Å². The number of amides is 1. The van der Waals surface area contributed by atoms with Crippen LogP contribution in [0, 0.1) is 12.3 Å². The van der Waals surface area contributed by atoms with Crippen molar-refractivity contribution in [2.45, 2.75) is 20.8 Å². The van der Waals surface area contributed by atoms with Crippen molar-refractivity contribution in [3.05, 3.63) is 29.8 Å². The monoisotopic (exact) mass is 261 g/mol. The molecule has 1 aromatic carbocycles. The van der Waals surface area contributed by atoms with Crippen LogP contribution in [0.1, 0.15) is 26.3 Å². The molecule has 0 radical (unpaired) electrons. The zero-order valence-electron chi connectivity index (χ0n) is 11.0. The summed E-state index contributed by atoms with van der Waals surface area (Å²) in [6.45, 7) is 3.82. The van der Waals surface area contributed by atoms with Crippen molar-refractivity contribution in [3.8, 4) is 12.3 Å². The Morgan fingerprint density at radius 3 is 2.11 bits per heavy atom. The lowest BCUT2D eigenvalue weighted by atomic mass is 10.2. The quantitative estimate of drug-likeness (QED) is 0.474. The highest BCUT2D eigenvalue weighted by Gasteiger charge is 1.94. The molecule has 0 aromatic heterocycles. The van der Waals surface area contributed by atoms with Gasteiger partial charge in [0.05, 0.1) is 0 Å². The van der Waals surface area contributed by atoms with Crippen LogP contribution >= 0.6 is 0 Å². The Morgan fingerprint density at radius 2 is 1.74 bits per heavy atom. The van der Waals surface area contributed by atoms with Crippen molar-refractivity contribution in [3.63, 3.8) is 0 Å². The van der Waals surface area contributed by atoms with Gasteiger partial charge in [-0.2, -0.15) is 0 Å². The number of benzene rings is 1. The molecule has 0 spiro atoms. The topological polar surface area (TPSA) is 72.5 Å². The van der Waals surface area contributed by atoms with Crippen LogP contribution in [0.5, 0.6) is 0 Å². The van der Waals surface area contributed by atoms with E-state index < -0.39 is 11.9 Å². The molecule has 0 bridgehead atoms. The number of carbonyl (C=O) groups is 3. The Labute approximate surface area is 112 Å². The summed E-state index contributed by atoms with van der Waals surface area (Å²) in [5.74, 6) is 1.27. The van der Waals surface area contributed by atoms with Crippen LogP contribution in [-0.4, -0.2) is 17.8 Å². The second-order valence-electron chi connectivity index (χ2n) is 3.49. The van der Waals surface area contributed by atoms with Gasteiger partial charge in [0.25, 0.3) is 0 Å². The first-order valence-corrected chi connectivity index (χ1v) is 5.38. The van der Waals surface area contributed by atoms with Gasteiger partial charge in [-0.3, -0.25) is 14.4 Å². The lowest BCUT2D eigenvalue weighted by molar-refractivity contribution is -0.156. The van der Waals surface area contributed by atoms with Crippen molar-refractivity contribution in [2.75, 3.05) is 5.32 Å². The standard InChI is InChI=1S/C10H9NO.C4H6O3/c1-3-9-5-4-6-10(7-9)11-8(2)12;1-3(5)7-4(2)6/h1,4-7H,2H3,(H,11,12);1-2H3. The molecule has 0 aliphatic rings. The summed E-state index contributed by atoms with van der Waals surface area (Å²) >= 11 is 0. The van der Waals surface area contributed by atoms with E-state index in [-0.39, 0.29) is 5.91 Å². The number of terminal acetylenes is 1. The molecule has 0 heterocycles. The van der Waals surface area contributed by atoms with E-state index in [9.17, 15) is 14.4 Å². The molecular weight excluding hydrogens is 246 g/mol. The van der Waals surface area contributed by atoms with Crippen LogP contribution in [0.25, 0.3) is 0 Å². The first-order valence-electron chi connectivity index (χ1n) is 5.38. The predicted molar refractivity (Wildman–Crippen MR) is 71.1 cm³/mol. The van der Waals surface area contributed by atoms with Crippen molar-refractivity contribution < 1.29 is 19.1 Å². The van der Waals surface area contributed by atoms with Crippen molar-refractivity contribution >= 4 is 23.5 Å². The molecule has 0 saturated carbocycles. The minimum Gasteiger partial charge on any atom is -0.394 e. The third-order valence-electron chi connectivity index (χ3n) is 1.64. The van der Waals surface area contributed by atoms with E-state index in [0.717, 1.165) is 11.3 Å². The van der Waals surface area contributed by atoms with E-state index in [2.05, 4.69) is 16.0 Å². The van der Waals surface area contributed by atoms with Gasteiger partial charge in [0, 0.05) is 32.0 Å². The molecule has 1 aromatic rings. The van der Waals surface area contributed by atoms with Crippen LogP contribution < -0.4 is 5.32 Å². The maximum absolute atomic E-state index is 10.7. The van der Waals surface area contributed by atoms with Crippen LogP contribution in [0.2, 0.25) is 0 Å². The smallest absolute Gasteiger partial charge is 0.310 e. The van der Waals surface area contributed by atoms with Gasteiger partial charge in [0.2, 0.25) is 5.91 Å². The van der Waals surface area contributed by atoms with E-state index in [1.807, 2.05) is 6.07 Å². The average molecular weight is 261 g/mol. The normalized spacial score (nSPS) is 8.32. The third kappa shape index (κ3) is 9.12. The molecule has 100 valence electrons. The van der Waals surface area contributed by atoms with Gasteiger partial charge in [-0.15, -0.1) is 6.42 Å². The van der Waals surface area contributed by atoms with Gasteiger partial charge < -0.3 is 10.1 Å². The molecule has 1 rings (SSSR count). The predicted octanol–water partition coefficient (Wildman–Crippen LogP) is 1.72. The zero-order chi connectivity index (χ0) is 14.8. The summed E-state index contributed by atoms with van der Waals surface area (Å²) in [5.41, 5.74) is 1.50. The third-order valence-corrected chi connectivity index (χ3v) is 1.64. The fourth-order valence-electron chi connectivity index (χ4n) is 1.09. The van der Waals surface area contributed by atoms with Crippen LogP contribution in [0.15, 0.2) is 24.3 Å². The first kappa shape index (κ1) is 16.4. The summed E-state index contributed by atoms with van der Waals surface area (Å²) in [5, 5.41) is 2.64. The van der Waals surface area contributed by atoms with E-state index in [4.69, 9.17) is 6.42 Å². The number of hydrogen-bond donors (Lipinski definition) is 1. The van der Waals surface area contributed by atoms with Crippen molar-refractivity contribution in [1.82, 2.24) is 0 Å². The van der Waals surface area contributed by atoms with Crippen molar-refractivity contribution in [1.29, 1.82) is 0 Å². The highest BCUT2D eigenvalue weighted by molar-refractivity contribution is 5.88. The molecule has 0 aliphatic heterocycles. The molecule has 0 aliphatic carbocycles. The second-order valence-corrected chi connectivity index (χ2v) is 3.49. The lowest BCUT2D eigenvalue weighted by Gasteiger charge is -2.00. The molecule has 0 saturated heterocycles. The highest BCUT2D eigenvalue weighted by Crippen LogP contribution is 2.08.